The maximum absolute atomic E-state index is 11.4. The molecule has 8 heteroatoms. The fourth-order valence-corrected chi connectivity index (χ4v) is 3.85. The molecule has 0 amide bonds. The average molecular weight is 341 g/mol. The van der Waals surface area contributed by atoms with Gasteiger partial charge in [0.25, 0.3) is 10.0 Å². The van der Waals surface area contributed by atoms with Crippen LogP contribution in [0.3, 0.4) is 0 Å². The Balaban J connectivity index is 3.55. The Hall–Kier alpha value is -0.560. The molecule has 0 aliphatic carbocycles. The van der Waals surface area contributed by atoms with Gasteiger partial charge in [0.2, 0.25) is 0 Å². The molecule has 0 unspecified atom stereocenters. The largest absolute Gasteiger partial charge is 0.266 e. The van der Waals surface area contributed by atoms with E-state index >= 15 is 0 Å². The highest BCUT2D eigenvalue weighted by Crippen LogP contribution is 2.30. The number of halogens is 2. The number of sulfonamides is 1. The van der Waals surface area contributed by atoms with E-state index in [1.165, 1.54) is 0 Å². The lowest BCUT2D eigenvalue weighted by Gasteiger charge is -2.02. The van der Waals surface area contributed by atoms with Gasteiger partial charge in [0.05, 0.1) is 0 Å². The van der Waals surface area contributed by atoms with Gasteiger partial charge < -0.3 is 0 Å². The van der Waals surface area contributed by atoms with Gasteiger partial charge in [-0.2, -0.15) is 0 Å². The monoisotopic (exact) mass is 339 g/mol. The van der Waals surface area contributed by atoms with Gasteiger partial charge in [-0.15, -0.1) is 0 Å². The molecular formula is C6H3Br2N3O2S. The van der Waals surface area contributed by atoms with Gasteiger partial charge >= 0.3 is 0 Å². The van der Waals surface area contributed by atoms with E-state index in [1.54, 1.807) is 18.2 Å². The minimum Gasteiger partial charge on any atom is -0.216 e. The van der Waals surface area contributed by atoms with Crippen molar-refractivity contribution in [3.05, 3.63) is 37.6 Å². The second kappa shape index (κ2) is 4.31. The normalized spacial score (nSPS) is 10.7. The first-order valence-electron chi connectivity index (χ1n) is 3.24. The molecular weight excluding hydrogens is 338 g/mol. The molecule has 0 spiro atoms. The van der Waals surface area contributed by atoms with Crippen molar-refractivity contribution in [3.63, 3.8) is 0 Å². The number of benzene rings is 1. The van der Waals surface area contributed by atoms with E-state index in [0.717, 1.165) is 0 Å². The van der Waals surface area contributed by atoms with Crippen molar-refractivity contribution in [2.75, 3.05) is 0 Å². The minimum atomic E-state index is -3.96. The fourth-order valence-electron chi connectivity index (χ4n) is 0.818. The van der Waals surface area contributed by atoms with Crippen LogP contribution in [-0.4, -0.2) is 8.42 Å². The predicted molar refractivity (Wildman–Crippen MR) is 58.2 cm³/mol. The lowest BCUT2D eigenvalue weighted by atomic mass is 10.4. The third kappa shape index (κ3) is 2.27. The quantitative estimate of drug-likeness (QED) is 0.470. The van der Waals surface area contributed by atoms with Gasteiger partial charge in [-0.1, -0.05) is 6.07 Å². The van der Waals surface area contributed by atoms with Crippen molar-refractivity contribution >= 4 is 41.9 Å². The first-order chi connectivity index (χ1) is 6.49. The second-order valence-electron chi connectivity index (χ2n) is 2.20. The fraction of sp³-hybridized carbons (Fsp3) is 0. The van der Waals surface area contributed by atoms with E-state index in [-0.39, 0.29) is 4.90 Å². The number of hydrogen-bond acceptors (Lipinski definition) is 2. The van der Waals surface area contributed by atoms with Crippen LogP contribution < -0.4 is 0 Å². The van der Waals surface area contributed by atoms with Crippen molar-refractivity contribution < 1.29 is 8.42 Å². The highest BCUT2D eigenvalue weighted by Gasteiger charge is 2.19. The smallest absolute Gasteiger partial charge is 0.216 e. The van der Waals surface area contributed by atoms with Gasteiger partial charge in [-0.3, -0.25) is 0 Å². The van der Waals surface area contributed by atoms with E-state index in [2.05, 4.69) is 41.3 Å². The third-order valence-corrected chi connectivity index (χ3v) is 4.41. The first kappa shape index (κ1) is 11.5. The Bertz CT molecular complexity index is 488. The molecule has 0 N–H and O–H groups in total. The highest BCUT2D eigenvalue weighted by atomic mass is 79.9. The van der Waals surface area contributed by atoms with E-state index in [1.807, 2.05) is 0 Å². The molecule has 1 aromatic carbocycles. The zero-order valence-corrected chi connectivity index (χ0v) is 10.5. The Labute approximate surface area is 97.1 Å². The summed E-state index contributed by atoms with van der Waals surface area (Å²) in [7, 11) is -3.96. The zero-order valence-electron chi connectivity index (χ0n) is 6.55. The lowest BCUT2D eigenvalue weighted by molar-refractivity contribution is 0.596. The van der Waals surface area contributed by atoms with Crippen LogP contribution in [0.4, 0.5) is 0 Å². The number of rotatable bonds is 2. The molecule has 0 heterocycles. The molecule has 14 heavy (non-hydrogen) atoms. The summed E-state index contributed by atoms with van der Waals surface area (Å²) in [5.41, 5.74) is 8.09. The summed E-state index contributed by atoms with van der Waals surface area (Å²) in [6.45, 7) is 0. The minimum absolute atomic E-state index is 0.0715. The Morgan fingerprint density at radius 3 is 2.21 bits per heavy atom. The van der Waals surface area contributed by atoms with Crippen LogP contribution in [0.15, 0.2) is 36.6 Å². The summed E-state index contributed by atoms with van der Waals surface area (Å²) in [6, 6.07) is 4.75. The molecule has 5 nitrogen and oxygen atoms in total. The van der Waals surface area contributed by atoms with Crippen LogP contribution >= 0.6 is 31.9 Å². The van der Waals surface area contributed by atoms with Crippen molar-refractivity contribution in [1.29, 1.82) is 0 Å². The predicted octanol–water partition coefficient (Wildman–Crippen LogP) is 3.21. The van der Waals surface area contributed by atoms with Crippen molar-refractivity contribution in [2.24, 2.45) is 4.52 Å². The van der Waals surface area contributed by atoms with E-state index in [9.17, 15) is 8.42 Å². The summed E-state index contributed by atoms with van der Waals surface area (Å²) in [4.78, 5) is 2.19. The molecule has 0 saturated heterocycles. The van der Waals surface area contributed by atoms with Gasteiger partial charge in [0.1, 0.15) is 4.90 Å². The maximum atomic E-state index is 11.4. The van der Waals surface area contributed by atoms with Crippen LogP contribution in [0.2, 0.25) is 0 Å². The highest BCUT2D eigenvalue weighted by molar-refractivity contribution is 9.11. The Morgan fingerprint density at radius 1 is 1.29 bits per heavy atom. The SMILES string of the molecule is [N-]=[N+]=NS(=O)(=O)c1c(Br)cccc1Br. The van der Waals surface area contributed by atoms with E-state index in [4.69, 9.17) is 5.53 Å². The Morgan fingerprint density at radius 2 is 1.79 bits per heavy atom. The van der Waals surface area contributed by atoms with Crippen molar-refractivity contribution in [1.82, 2.24) is 0 Å². The van der Waals surface area contributed by atoms with Crippen LogP contribution in [0.1, 0.15) is 0 Å². The maximum Gasteiger partial charge on any atom is 0.266 e. The summed E-state index contributed by atoms with van der Waals surface area (Å²) in [5.74, 6) is 0. The molecule has 0 fully saturated rings. The van der Waals surface area contributed by atoms with Crippen molar-refractivity contribution in [3.8, 4) is 0 Å². The molecule has 1 aromatic rings. The van der Waals surface area contributed by atoms with Crippen LogP contribution in [0.25, 0.3) is 10.4 Å². The topological polar surface area (TPSA) is 82.9 Å². The number of nitrogens with zero attached hydrogens (tertiary/aromatic N) is 3. The number of azide groups is 1. The molecule has 0 radical (unpaired) electrons. The summed E-state index contributed by atoms with van der Waals surface area (Å²) in [5, 5.41) is 0. The molecule has 0 atom stereocenters. The van der Waals surface area contributed by atoms with E-state index < -0.39 is 10.0 Å². The summed E-state index contributed by atoms with van der Waals surface area (Å²) < 4.78 is 26.2. The lowest BCUT2D eigenvalue weighted by Crippen LogP contribution is -1.97. The second-order valence-corrected chi connectivity index (χ2v) is 5.43. The Kier molecular flexibility index (Phi) is 3.54. The average Bonchev–Trinajstić information content (AvgIpc) is 2.02. The molecule has 0 aliphatic rings. The molecule has 1 rings (SSSR count). The molecule has 0 aromatic heterocycles. The first-order valence-corrected chi connectivity index (χ1v) is 6.27. The zero-order chi connectivity index (χ0) is 10.8. The van der Waals surface area contributed by atoms with Crippen molar-refractivity contribution in [2.45, 2.75) is 4.90 Å². The standard InChI is InChI=1S/C6H3Br2N3O2S/c7-4-2-1-3-5(8)6(4)14(12,13)11-10-9/h1-3H. The van der Waals surface area contributed by atoms with Gasteiger partial charge in [0.15, 0.2) is 0 Å². The van der Waals surface area contributed by atoms with Crippen LogP contribution in [-0.2, 0) is 10.0 Å². The molecule has 0 aliphatic heterocycles. The van der Waals surface area contributed by atoms with Gasteiger partial charge in [-0.25, -0.2) is 8.42 Å². The van der Waals surface area contributed by atoms with Gasteiger partial charge in [0, 0.05) is 18.4 Å². The number of hydrogen-bond donors (Lipinski definition) is 0. The molecule has 0 saturated carbocycles. The van der Waals surface area contributed by atoms with Crippen LogP contribution in [0, 0.1) is 0 Å². The molecule has 0 bridgehead atoms. The summed E-state index contributed by atoms with van der Waals surface area (Å²) in [6.07, 6.45) is 0. The third-order valence-electron chi connectivity index (χ3n) is 1.32. The summed E-state index contributed by atoms with van der Waals surface area (Å²) >= 11 is 6.12. The molecule has 74 valence electrons. The van der Waals surface area contributed by atoms with E-state index in [0.29, 0.717) is 8.95 Å². The van der Waals surface area contributed by atoms with Crippen LogP contribution in [0.5, 0.6) is 0 Å². The van der Waals surface area contributed by atoms with Gasteiger partial charge in [-0.05, 0) is 49.5 Å².